The summed E-state index contributed by atoms with van der Waals surface area (Å²) in [6.45, 7) is 4.03. The maximum absolute atomic E-state index is 6.00. The lowest BCUT2D eigenvalue weighted by Crippen LogP contribution is -2.34. The van der Waals surface area contributed by atoms with Gasteiger partial charge < -0.3 is 10.5 Å². The Kier molecular flexibility index (Phi) is 3.87. The van der Waals surface area contributed by atoms with Crippen LogP contribution in [-0.4, -0.2) is 19.3 Å². The van der Waals surface area contributed by atoms with Crippen LogP contribution >= 0.6 is 0 Å². The van der Waals surface area contributed by atoms with E-state index in [2.05, 4.69) is 6.92 Å². The molecule has 0 bridgehead atoms. The lowest BCUT2D eigenvalue weighted by molar-refractivity contribution is 0.0574. The van der Waals surface area contributed by atoms with Gasteiger partial charge in [-0.1, -0.05) is 13.3 Å². The molecule has 1 aliphatic rings. The SMILES string of the molecule is CCCC(N)C1CCOCC1. The fraction of sp³-hybridized carbons (Fsp3) is 1.00. The molecule has 0 amide bonds. The highest BCUT2D eigenvalue weighted by atomic mass is 16.5. The third-order valence-corrected chi connectivity index (χ3v) is 2.49. The van der Waals surface area contributed by atoms with E-state index in [1.807, 2.05) is 0 Å². The molecule has 0 aliphatic carbocycles. The van der Waals surface area contributed by atoms with Crippen LogP contribution in [0, 0.1) is 5.92 Å². The van der Waals surface area contributed by atoms with Gasteiger partial charge in [0.25, 0.3) is 0 Å². The van der Waals surface area contributed by atoms with Crippen molar-refractivity contribution in [2.24, 2.45) is 11.7 Å². The molecule has 1 saturated heterocycles. The average Bonchev–Trinajstić information content (AvgIpc) is 2.07. The van der Waals surface area contributed by atoms with Crippen LogP contribution in [-0.2, 0) is 4.74 Å². The van der Waals surface area contributed by atoms with Crippen LogP contribution in [0.15, 0.2) is 0 Å². The van der Waals surface area contributed by atoms with Crippen molar-refractivity contribution in [1.82, 2.24) is 0 Å². The smallest absolute Gasteiger partial charge is 0.0469 e. The van der Waals surface area contributed by atoms with Crippen LogP contribution in [0.4, 0.5) is 0 Å². The quantitative estimate of drug-likeness (QED) is 0.674. The van der Waals surface area contributed by atoms with Gasteiger partial charge in [-0.3, -0.25) is 0 Å². The molecule has 0 spiro atoms. The highest BCUT2D eigenvalue weighted by Crippen LogP contribution is 2.19. The molecule has 66 valence electrons. The molecule has 1 rings (SSSR count). The number of nitrogens with two attached hydrogens (primary N) is 1. The number of rotatable bonds is 3. The zero-order valence-electron chi connectivity index (χ0n) is 7.38. The molecule has 11 heavy (non-hydrogen) atoms. The second kappa shape index (κ2) is 4.73. The van der Waals surface area contributed by atoms with Gasteiger partial charge in [-0.05, 0) is 25.2 Å². The predicted molar refractivity (Wildman–Crippen MR) is 46.4 cm³/mol. The van der Waals surface area contributed by atoms with Crippen molar-refractivity contribution in [3.05, 3.63) is 0 Å². The van der Waals surface area contributed by atoms with E-state index in [-0.39, 0.29) is 0 Å². The average molecular weight is 157 g/mol. The lowest BCUT2D eigenvalue weighted by atomic mass is 9.90. The third-order valence-electron chi connectivity index (χ3n) is 2.49. The Bertz CT molecular complexity index is 99.7. The molecule has 2 nitrogen and oxygen atoms in total. The van der Waals surface area contributed by atoms with E-state index < -0.39 is 0 Å². The van der Waals surface area contributed by atoms with E-state index in [4.69, 9.17) is 10.5 Å². The molecule has 0 saturated carbocycles. The summed E-state index contributed by atoms with van der Waals surface area (Å²) < 4.78 is 5.27. The molecular weight excluding hydrogens is 138 g/mol. The molecule has 1 aliphatic heterocycles. The fourth-order valence-corrected chi connectivity index (χ4v) is 1.71. The first kappa shape index (κ1) is 9.01. The molecule has 2 N–H and O–H groups in total. The Morgan fingerprint density at radius 2 is 2.09 bits per heavy atom. The summed E-state index contributed by atoms with van der Waals surface area (Å²) in [5.41, 5.74) is 6.00. The minimum Gasteiger partial charge on any atom is -0.381 e. The van der Waals surface area contributed by atoms with E-state index in [0.717, 1.165) is 19.1 Å². The molecule has 0 radical (unpaired) electrons. The van der Waals surface area contributed by atoms with Gasteiger partial charge in [-0.2, -0.15) is 0 Å². The highest BCUT2D eigenvalue weighted by molar-refractivity contribution is 4.74. The molecule has 1 atom stereocenters. The van der Waals surface area contributed by atoms with Crippen molar-refractivity contribution in [3.8, 4) is 0 Å². The molecule has 0 aromatic carbocycles. The third kappa shape index (κ3) is 2.80. The summed E-state index contributed by atoms with van der Waals surface area (Å²) in [5, 5.41) is 0. The summed E-state index contributed by atoms with van der Waals surface area (Å²) in [4.78, 5) is 0. The minimum absolute atomic E-state index is 0.420. The van der Waals surface area contributed by atoms with Gasteiger partial charge >= 0.3 is 0 Å². The summed E-state index contributed by atoms with van der Waals surface area (Å²) in [6.07, 6.45) is 4.71. The number of hydrogen-bond acceptors (Lipinski definition) is 2. The first-order valence-corrected chi connectivity index (χ1v) is 4.68. The topological polar surface area (TPSA) is 35.2 Å². The van der Waals surface area contributed by atoms with Gasteiger partial charge in [0.05, 0.1) is 0 Å². The zero-order valence-corrected chi connectivity index (χ0v) is 7.38. The molecule has 2 heteroatoms. The van der Waals surface area contributed by atoms with E-state index in [1.54, 1.807) is 0 Å². The summed E-state index contributed by atoms with van der Waals surface area (Å²) >= 11 is 0. The maximum Gasteiger partial charge on any atom is 0.0469 e. The van der Waals surface area contributed by atoms with E-state index in [0.29, 0.717) is 6.04 Å². The Morgan fingerprint density at radius 1 is 1.45 bits per heavy atom. The summed E-state index contributed by atoms with van der Waals surface area (Å²) in [6, 6.07) is 0.420. The molecule has 1 fully saturated rings. The summed E-state index contributed by atoms with van der Waals surface area (Å²) in [5.74, 6) is 0.726. The second-order valence-corrected chi connectivity index (χ2v) is 3.40. The fourth-order valence-electron chi connectivity index (χ4n) is 1.71. The van der Waals surface area contributed by atoms with E-state index >= 15 is 0 Å². The van der Waals surface area contributed by atoms with Crippen LogP contribution in [0.25, 0.3) is 0 Å². The van der Waals surface area contributed by atoms with Crippen LogP contribution < -0.4 is 5.73 Å². The molecule has 0 aromatic heterocycles. The molecule has 0 aromatic rings. The molecule has 1 unspecified atom stereocenters. The Balaban J connectivity index is 2.21. The van der Waals surface area contributed by atoms with Crippen molar-refractivity contribution in [3.63, 3.8) is 0 Å². The van der Waals surface area contributed by atoms with Crippen molar-refractivity contribution in [2.75, 3.05) is 13.2 Å². The van der Waals surface area contributed by atoms with Crippen molar-refractivity contribution >= 4 is 0 Å². The first-order chi connectivity index (χ1) is 5.34. The largest absolute Gasteiger partial charge is 0.381 e. The molecule has 1 heterocycles. The van der Waals surface area contributed by atoms with Crippen molar-refractivity contribution < 1.29 is 4.74 Å². The van der Waals surface area contributed by atoms with E-state index in [1.165, 1.54) is 25.7 Å². The zero-order chi connectivity index (χ0) is 8.10. The Hall–Kier alpha value is -0.0800. The van der Waals surface area contributed by atoms with Crippen LogP contribution in [0.3, 0.4) is 0 Å². The molecular formula is C9H19NO. The Morgan fingerprint density at radius 3 is 2.64 bits per heavy atom. The normalized spacial score (nSPS) is 23.5. The second-order valence-electron chi connectivity index (χ2n) is 3.40. The van der Waals surface area contributed by atoms with Crippen LogP contribution in [0.2, 0.25) is 0 Å². The van der Waals surface area contributed by atoms with Crippen molar-refractivity contribution in [2.45, 2.75) is 38.6 Å². The lowest BCUT2D eigenvalue weighted by Gasteiger charge is -2.27. The van der Waals surface area contributed by atoms with Gasteiger partial charge in [0, 0.05) is 19.3 Å². The maximum atomic E-state index is 6.00. The Labute approximate surface area is 69.1 Å². The van der Waals surface area contributed by atoms with E-state index in [9.17, 15) is 0 Å². The summed E-state index contributed by atoms with van der Waals surface area (Å²) in [7, 11) is 0. The standard InChI is InChI=1S/C9H19NO/c1-2-3-9(10)8-4-6-11-7-5-8/h8-9H,2-7,10H2,1H3. The highest BCUT2D eigenvalue weighted by Gasteiger charge is 2.19. The van der Waals surface area contributed by atoms with Gasteiger partial charge in [0.1, 0.15) is 0 Å². The van der Waals surface area contributed by atoms with Crippen LogP contribution in [0.1, 0.15) is 32.6 Å². The van der Waals surface area contributed by atoms with Crippen molar-refractivity contribution in [1.29, 1.82) is 0 Å². The number of hydrogen-bond donors (Lipinski definition) is 1. The van der Waals surface area contributed by atoms with Crippen LogP contribution in [0.5, 0.6) is 0 Å². The van der Waals surface area contributed by atoms with Gasteiger partial charge in [-0.15, -0.1) is 0 Å². The predicted octanol–water partition coefficient (Wildman–Crippen LogP) is 1.54. The van der Waals surface area contributed by atoms with Gasteiger partial charge in [0.15, 0.2) is 0 Å². The minimum atomic E-state index is 0.420. The monoisotopic (exact) mass is 157 g/mol. The first-order valence-electron chi connectivity index (χ1n) is 4.68. The van der Waals surface area contributed by atoms with Gasteiger partial charge in [0.2, 0.25) is 0 Å². The number of ether oxygens (including phenoxy) is 1. The van der Waals surface area contributed by atoms with Gasteiger partial charge in [-0.25, -0.2) is 0 Å².